The highest BCUT2D eigenvalue weighted by Crippen LogP contribution is 2.38. The van der Waals surface area contributed by atoms with Crippen molar-refractivity contribution < 1.29 is 9.53 Å². The molecule has 0 heterocycles. The standard InChI is InChI=1S/C22H28O2Si/c1-22(2,3)25(18-12-6-4-7-13-18,19-14-8-5-9-15-19)24-21-17-11-10-16-20(21)23/h4-10,12-16,20-21,23H,11,17H2,1-3H3/t20-,21-/m0/s1. The van der Waals surface area contributed by atoms with Gasteiger partial charge < -0.3 is 9.53 Å². The Morgan fingerprint density at radius 2 is 1.44 bits per heavy atom. The van der Waals surface area contributed by atoms with E-state index < -0.39 is 14.4 Å². The molecule has 3 heteroatoms. The first-order valence-electron chi connectivity index (χ1n) is 9.09. The fraction of sp³-hybridized carbons (Fsp3) is 0.364. The van der Waals surface area contributed by atoms with Crippen LogP contribution < -0.4 is 10.4 Å². The van der Waals surface area contributed by atoms with Crippen LogP contribution in [-0.2, 0) is 4.43 Å². The van der Waals surface area contributed by atoms with Gasteiger partial charge in [-0.3, -0.25) is 0 Å². The molecule has 1 aliphatic rings. The number of hydrogen-bond donors (Lipinski definition) is 1. The number of benzene rings is 2. The summed E-state index contributed by atoms with van der Waals surface area (Å²) in [6.45, 7) is 6.80. The van der Waals surface area contributed by atoms with E-state index >= 15 is 0 Å². The van der Waals surface area contributed by atoms with Gasteiger partial charge in [-0.1, -0.05) is 93.6 Å². The average molecular weight is 353 g/mol. The van der Waals surface area contributed by atoms with E-state index in [-0.39, 0.29) is 11.1 Å². The van der Waals surface area contributed by atoms with Crippen molar-refractivity contribution in [1.82, 2.24) is 0 Å². The number of rotatable bonds is 4. The Morgan fingerprint density at radius 3 is 1.88 bits per heavy atom. The first-order chi connectivity index (χ1) is 11.9. The molecule has 1 N–H and O–H groups in total. The SMILES string of the molecule is CC(C)(C)[Si](O[C@H]1CCC=C[C@@H]1O)(c1ccccc1)c1ccccc1. The molecule has 2 atom stereocenters. The Kier molecular flexibility index (Phi) is 5.28. The minimum atomic E-state index is -2.57. The van der Waals surface area contributed by atoms with Gasteiger partial charge in [0, 0.05) is 0 Å². The van der Waals surface area contributed by atoms with Crippen LogP contribution in [0.15, 0.2) is 72.8 Å². The number of aliphatic hydroxyl groups is 1. The number of allylic oxidation sites excluding steroid dienone is 1. The molecule has 0 aliphatic heterocycles. The van der Waals surface area contributed by atoms with Gasteiger partial charge in [0.25, 0.3) is 8.32 Å². The van der Waals surface area contributed by atoms with Crippen LogP contribution in [0.2, 0.25) is 5.04 Å². The van der Waals surface area contributed by atoms with Gasteiger partial charge in [-0.05, 0) is 28.3 Å². The van der Waals surface area contributed by atoms with E-state index in [1.807, 2.05) is 6.08 Å². The summed E-state index contributed by atoms with van der Waals surface area (Å²) in [5, 5.41) is 13.0. The maximum atomic E-state index is 10.5. The third-order valence-corrected chi connectivity index (χ3v) is 10.1. The van der Waals surface area contributed by atoms with Crippen molar-refractivity contribution in [3.63, 3.8) is 0 Å². The summed E-state index contributed by atoms with van der Waals surface area (Å²) < 4.78 is 6.97. The maximum absolute atomic E-state index is 10.5. The lowest BCUT2D eigenvalue weighted by atomic mass is 10.0. The molecule has 0 saturated heterocycles. The largest absolute Gasteiger partial charge is 0.401 e. The van der Waals surface area contributed by atoms with Gasteiger partial charge in [0.1, 0.15) is 0 Å². The molecule has 0 fully saturated rings. The Morgan fingerprint density at radius 1 is 0.920 bits per heavy atom. The highest BCUT2D eigenvalue weighted by Gasteiger charge is 2.52. The predicted octanol–water partition coefficient (Wildman–Crippen LogP) is 3.64. The van der Waals surface area contributed by atoms with Gasteiger partial charge in [-0.25, -0.2) is 0 Å². The minimum Gasteiger partial charge on any atom is -0.401 e. The summed E-state index contributed by atoms with van der Waals surface area (Å²) in [7, 11) is -2.57. The molecule has 0 amide bonds. The summed E-state index contributed by atoms with van der Waals surface area (Å²) in [5.41, 5.74) is 0. The van der Waals surface area contributed by atoms with Crippen LogP contribution in [0.25, 0.3) is 0 Å². The molecule has 0 spiro atoms. The van der Waals surface area contributed by atoms with E-state index in [2.05, 4.69) is 87.5 Å². The van der Waals surface area contributed by atoms with Crippen molar-refractivity contribution in [1.29, 1.82) is 0 Å². The van der Waals surface area contributed by atoms with Crippen LogP contribution in [-0.4, -0.2) is 25.6 Å². The second-order valence-electron chi connectivity index (χ2n) is 7.82. The molecule has 25 heavy (non-hydrogen) atoms. The van der Waals surface area contributed by atoms with Crippen LogP contribution in [0.1, 0.15) is 33.6 Å². The molecular formula is C22H28O2Si. The maximum Gasteiger partial charge on any atom is 0.261 e. The Balaban J connectivity index is 2.17. The molecular weight excluding hydrogens is 324 g/mol. The van der Waals surface area contributed by atoms with Crippen molar-refractivity contribution in [2.45, 2.75) is 50.9 Å². The molecule has 1 aliphatic carbocycles. The number of aliphatic hydroxyl groups excluding tert-OH is 1. The van der Waals surface area contributed by atoms with E-state index in [1.165, 1.54) is 10.4 Å². The zero-order valence-corrected chi connectivity index (χ0v) is 16.4. The van der Waals surface area contributed by atoms with Crippen LogP contribution >= 0.6 is 0 Å². The lowest BCUT2D eigenvalue weighted by Crippen LogP contribution is -2.68. The summed E-state index contributed by atoms with van der Waals surface area (Å²) in [6, 6.07) is 21.2. The van der Waals surface area contributed by atoms with Crippen molar-refractivity contribution in [3.05, 3.63) is 72.8 Å². The smallest absolute Gasteiger partial charge is 0.261 e. The highest BCUT2D eigenvalue weighted by molar-refractivity contribution is 6.99. The molecule has 0 radical (unpaired) electrons. The summed E-state index contributed by atoms with van der Waals surface area (Å²) in [6.07, 6.45) is 5.07. The topological polar surface area (TPSA) is 29.5 Å². The Bertz CT molecular complexity index is 664. The monoisotopic (exact) mass is 352 g/mol. The Labute approximate surface area is 152 Å². The van der Waals surface area contributed by atoms with Crippen LogP contribution in [0.5, 0.6) is 0 Å². The average Bonchev–Trinajstić information content (AvgIpc) is 2.61. The second-order valence-corrected chi connectivity index (χ2v) is 12.1. The van der Waals surface area contributed by atoms with Gasteiger partial charge in [-0.2, -0.15) is 0 Å². The fourth-order valence-electron chi connectivity index (χ4n) is 3.84. The molecule has 3 rings (SSSR count). The zero-order valence-electron chi connectivity index (χ0n) is 15.4. The van der Waals surface area contributed by atoms with Crippen molar-refractivity contribution >= 4 is 18.7 Å². The lowest BCUT2D eigenvalue weighted by Gasteiger charge is -2.46. The molecule has 2 aromatic carbocycles. The van der Waals surface area contributed by atoms with E-state index in [1.54, 1.807) is 0 Å². The van der Waals surface area contributed by atoms with E-state index in [4.69, 9.17) is 4.43 Å². The van der Waals surface area contributed by atoms with Crippen molar-refractivity contribution in [3.8, 4) is 0 Å². The van der Waals surface area contributed by atoms with Gasteiger partial charge in [0.2, 0.25) is 0 Å². The van der Waals surface area contributed by atoms with Gasteiger partial charge in [0.05, 0.1) is 12.2 Å². The molecule has 2 aromatic rings. The molecule has 0 aromatic heterocycles. The van der Waals surface area contributed by atoms with E-state index in [0.29, 0.717) is 0 Å². The zero-order chi connectivity index (χ0) is 17.9. The third kappa shape index (κ3) is 3.50. The number of hydrogen-bond acceptors (Lipinski definition) is 2. The Hall–Kier alpha value is -1.68. The fourth-order valence-corrected chi connectivity index (χ4v) is 8.56. The van der Waals surface area contributed by atoms with Crippen LogP contribution in [0.4, 0.5) is 0 Å². The summed E-state index contributed by atoms with van der Waals surface area (Å²) >= 11 is 0. The molecule has 0 bridgehead atoms. The van der Waals surface area contributed by atoms with Crippen molar-refractivity contribution in [2.75, 3.05) is 0 Å². The highest BCUT2D eigenvalue weighted by atomic mass is 28.4. The quantitative estimate of drug-likeness (QED) is 0.672. The molecule has 0 unspecified atom stereocenters. The first kappa shape index (κ1) is 18.1. The minimum absolute atomic E-state index is 0.0589. The van der Waals surface area contributed by atoms with E-state index in [0.717, 1.165) is 12.8 Å². The third-order valence-electron chi connectivity index (χ3n) is 5.08. The van der Waals surface area contributed by atoms with Gasteiger partial charge >= 0.3 is 0 Å². The summed E-state index contributed by atoms with van der Waals surface area (Å²) in [5.74, 6) is 0. The van der Waals surface area contributed by atoms with Gasteiger partial charge in [0.15, 0.2) is 0 Å². The van der Waals surface area contributed by atoms with E-state index in [9.17, 15) is 5.11 Å². The molecule has 0 saturated carbocycles. The first-order valence-corrected chi connectivity index (χ1v) is 11.0. The molecule has 132 valence electrons. The summed E-state index contributed by atoms with van der Waals surface area (Å²) in [4.78, 5) is 0. The molecule has 2 nitrogen and oxygen atoms in total. The lowest BCUT2D eigenvalue weighted by molar-refractivity contribution is 0.0498. The normalized spacial score (nSPS) is 21.3. The van der Waals surface area contributed by atoms with Gasteiger partial charge in [-0.15, -0.1) is 0 Å². The second kappa shape index (κ2) is 7.28. The predicted molar refractivity (Wildman–Crippen MR) is 107 cm³/mol. The van der Waals surface area contributed by atoms with Crippen LogP contribution in [0.3, 0.4) is 0 Å². The van der Waals surface area contributed by atoms with Crippen LogP contribution in [0, 0.1) is 0 Å². The van der Waals surface area contributed by atoms with Crippen molar-refractivity contribution in [2.24, 2.45) is 0 Å².